The van der Waals surface area contributed by atoms with E-state index in [0.717, 1.165) is 35.5 Å². The fourth-order valence-electron chi connectivity index (χ4n) is 3.37. The Labute approximate surface area is 169 Å². The Hall–Kier alpha value is -2.54. The molecule has 2 N–H and O–H groups in total. The van der Waals surface area contributed by atoms with E-state index in [4.69, 9.17) is 4.74 Å². The minimum Gasteiger partial charge on any atom is -0.497 e. The van der Waals surface area contributed by atoms with Crippen molar-refractivity contribution in [2.45, 2.75) is 25.8 Å². The first-order valence-corrected chi connectivity index (χ1v) is 10.5. The predicted molar refractivity (Wildman–Crippen MR) is 111 cm³/mol. The van der Waals surface area contributed by atoms with Gasteiger partial charge in [0.1, 0.15) is 5.75 Å². The number of thiophene rings is 1. The molecule has 6 nitrogen and oxygen atoms in total. The number of methoxy groups -OCH3 is 1. The maximum absolute atomic E-state index is 12.5. The summed E-state index contributed by atoms with van der Waals surface area (Å²) < 4.78 is 5.23. The van der Waals surface area contributed by atoms with Gasteiger partial charge in [0.05, 0.1) is 19.6 Å². The lowest BCUT2D eigenvalue weighted by Gasteiger charge is -2.32. The number of hydrogen-bond acceptors (Lipinski definition) is 4. The third-order valence-electron chi connectivity index (χ3n) is 4.92. The maximum atomic E-state index is 12.5. The summed E-state index contributed by atoms with van der Waals surface area (Å²) >= 11 is 1.62. The standard InChI is InChI=1S/C21H27N3O3S/c1-27-18-7-2-5-16(13-18)9-10-22-20(25)17-6-3-11-24(15-17)21(26)23-14-19-8-4-12-28-19/h2,4-5,7-8,12-13,17H,3,6,9-11,14-15H2,1H3,(H,22,25)(H,23,26). The van der Waals surface area contributed by atoms with E-state index in [1.807, 2.05) is 41.8 Å². The van der Waals surface area contributed by atoms with Crippen LogP contribution in [-0.4, -0.2) is 43.6 Å². The molecule has 150 valence electrons. The number of likely N-dealkylation sites (tertiary alicyclic amines) is 1. The highest BCUT2D eigenvalue weighted by Gasteiger charge is 2.28. The van der Waals surface area contributed by atoms with Crippen LogP contribution in [0.3, 0.4) is 0 Å². The van der Waals surface area contributed by atoms with E-state index >= 15 is 0 Å². The molecule has 28 heavy (non-hydrogen) atoms. The molecule has 0 radical (unpaired) electrons. The van der Waals surface area contributed by atoms with E-state index in [2.05, 4.69) is 10.6 Å². The fraction of sp³-hybridized carbons (Fsp3) is 0.429. The quantitative estimate of drug-likeness (QED) is 0.749. The molecule has 0 saturated carbocycles. The Balaban J connectivity index is 1.42. The molecule has 1 aliphatic rings. The summed E-state index contributed by atoms with van der Waals surface area (Å²) in [6.45, 7) is 2.28. The molecule has 7 heteroatoms. The molecule has 1 unspecified atom stereocenters. The SMILES string of the molecule is COc1cccc(CCNC(=O)C2CCCN(C(=O)NCc3cccs3)C2)c1. The molecule has 0 spiro atoms. The van der Waals surface area contributed by atoms with Crippen LogP contribution in [0.25, 0.3) is 0 Å². The number of rotatable bonds is 7. The van der Waals surface area contributed by atoms with E-state index in [-0.39, 0.29) is 17.9 Å². The number of carbonyl (C=O) groups excluding carboxylic acids is 2. The predicted octanol–water partition coefficient (Wildman–Crippen LogP) is 3.04. The van der Waals surface area contributed by atoms with Crippen molar-refractivity contribution in [3.05, 3.63) is 52.2 Å². The molecule has 1 aromatic heterocycles. The summed E-state index contributed by atoms with van der Waals surface area (Å²) in [4.78, 5) is 27.8. The monoisotopic (exact) mass is 401 g/mol. The topological polar surface area (TPSA) is 70.7 Å². The molecule has 0 aliphatic carbocycles. The summed E-state index contributed by atoms with van der Waals surface area (Å²) in [6, 6.07) is 11.7. The number of urea groups is 1. The molecule has 1 fully saturated rings. The van der Waals surface area contributed by atoms with Crippen LogP contribution in [0.4, 0.5) is 4.79 Å². The highest BCUT2D eigenvalue weighted by Crippen LogP contribution is 2.17. The van der Waals surface area contributed by atoms with Gasteiger partial charge in [0.2, 0.25) is 5.91 Å². The Morgan fingerprint density at radius 3 is 2.93 bits per heavy atom. The second kappa shape index (κ2) is 10.1. The minimum atomic E-state index is -0.147. The third kappa shape index (κ3) is 5.73. The molecule has 2 aromatic rings. The molecule has 3 rings (SSSR count). The van der Waals surface area contributed by atoms with E-state index in [0.29, 0.717) is 26.2 Å². The van der Waals surface area contributed by atoms with Crippen LogP contribution in [0, 0.1) is 5.92 Å². The zero-order valence-electron chi connectivity index (χ0n) is 16.1. The lowest BCUT2D eigenvalue weighted by atomic mass is 9.97. The van der Waals surface area contributed by atoms with Crippen molar-refractivity contribution in [2.75, 3.05) is 26.7 Å². The van der Waals surface area contributed by atoms with Gasteiger partial charge in [0.25, 0.3) is 0 Å². The Morgan fingerprint density at radius 1 is 1.25 bits per heavy atom. The van der Waals surface area contributed by atoms with Gasteiger partial charge in [0.15, 0.2) is 0 Å². The largest absolute Gasteiger partial charge is 0.497 e. The number of nitrogens with one attached hydrogen (secondary N) is 2. The number of benzene rings is 1. The average Bonchev–Trinajstić information content (AvgIpc) is 3.26. The van der Waals surface area contributed by atoms with Crippen molar-refractivity contribution < 1.29 is 14.3 Å². The van der Waals surface area contributed by atoms with E-state index < -0.39 is 0 Å². The van der Waals surface area contributed by atoms with E-state index in [1.54, 1.807) is 23.3 Å². The van der Waals surface area contributed by atoms with Gasteiger partial charge in [-0.05, 0) is 48.4 Å². The van der Waals surface area contributed by atoms with Crippen LogP contribution in [-0.2, 0) is 17.8 Å². The minimum absolute atomic E-state index is 0.0265. The molecule has 3 amide bonds. The van der Waals surface area contributed by atoms with Gasteiger partial charge in [-0.15, -0.1) is 11.3 Å². The van der Waals surface area contributed by atoms with Gasteiger partial charge < -0.3 is 20.3 Å². The van der Waals surface area contributed by atoms with E-state index in [9.17, 15) is 9.59 Å². The summed E-state index contributed by atoms with van der Waals surface area (Å²) in [5.41, 5.74) is 1.12. The lowest BCUT2D eigenvalue weighted by Crippen LogP contribution is -2.48. The summed E-state index contributed by atoms with van der Waals surface area (Å²) in [7, 11) is 1.65. The fourth-order valence-corrected chi connectivity index (χ4v) is 4.01. The molecule has 1 saturated heterocycles. The van der Waals surface area contributed by atoms with Crippen LogP contribution < -0.4 is 15.4 Å². The Kier molecular flexibility index (Phi) is 7.31. The Morgan fingerprint density at radius 2 is 2.14 bits per heavy atom. The van der Waals surface area contributed by atoms with Crippen LogP contribution in [0.15, 0.2) is 41.8 Å². The van der Waals surface area contributed by atoms with Gasteiger partial charge in [-0.2, -0.15) is 0 Å². The van der Waals surface area contributed by atoms with Crippen molar-refractivity contribution in [3.8, 4) is 5.75 Å². The van der Waals surface area contributed by atoms with Crippen LogP contribution in [0.2, 0.25) is 0 Å². The summed E-state index contributed by atoms with van der Waals surface area (Å²) in [5.74, 6) is 0.700. The second-order valence-corrected chi connectivity index (χ2v) is 7.95. The first-order valence-electron chi connectivity index (χ1n) is 9.61. The van der Waals surface area contributed by atoms with Gasteiger partial charge in [-0.1, -0.05) is 18.2 Å². The third-order valence-corrected chi connectivity index (χ3v) is 5.80. The lowest BCUT2D eigenvalue weighted by molar-refractivity contribution is -0.126. The average molecular weight is 402 g/mol. The van der Waals surface area contributed by atoms with Crippen molar-refractivity contribution in [1.82, 2.24) is 15.5 Å². The number of hydrogen-bond donors (Lipinski definition) is 2. The van der Waals surface area contributed by atoms with Gasteiger partial charge in [-0.25, -0.2) is 4.79 Å². The van der Waals surface area contributed by atoms with E-state index in [1.165, 1.54) is 0 Å². The second-order valence-electron chi connectivity index (χ2n) is 6.92. The van der Waals surface area contributed by atoms with Crippen LogP contribution in [0.5, 0.6) is 5.75 Å². The van der Waals surface area contributed by atoms with Crippen LogP contribution >= 0.6 is 11.3 Å². The van der Waals surface area contributed by atoms with Gasteiger partial charge in [0, 0.05) is 24.5 Å². The first-order chi connectivity index (χ1) is 13.7. The molecular weight excluding hydrogens is 374 g/mol. The van der Waals surface area contributed by atoms with Gasteiger partial charge >= 0.3 is 6.03 Å². The normalized spacial score (nSPS) is 16.5. The number of amides is 3. The molecule has 1 atom stereocenters. The zero-order chi connectivity index (χ0) is 19.8. The number of piperidine rings is 1. The highest BCUT2D eigenvalue weighted by atomic mass is 32.1. The highest BCUT2D eigenvalue weighted by molar-refractivity contribution is 7.09. The van der Waals surface area contributed by atoms with Crippen molar-refractivity contribution in [2.24, 2.45) is 5.92 Å². The molecule has 0 bridgehead atoms. The van der Waals surface area contributed by atoms with Crippen LogP contribution in [0.1, 0.15) is 23.3 Å². The smallest absolute Gasteiger partial charge is 0.317 e. The van der Waals surface area contributed by atoms with Crippen molar-refractivity contribution in [1.29, 1.82) is 0 Å². The number of carbonyl (C=O) groups is 2. The summed E-state index contributed by atoms with van der Waals surface area (Å²) in [6.07, 6.45) is 2.42. The van der Waals surface area contributed by atoms with Gasteiger partial charge in [-0.3, -0.25) is 4.79 Å². The van der Waals surface area contributed by atoms with Crippen molar-refractivity contribution >= 4 is 23.3 Å². The first kappa shape index (κ1) is 20.2. The zero-order valence-corrected chi connectivity index (χ0v) is 17.0. The summed E-state index contributed by atoms with van der Waals surface area (Å²) in [5, 5.41) is 7.95. The number of ether oxygens (including phenoxy) is 1. The Bertz CT molecular complexity index is 779. The maximum Gasteiger partial charge on any atom is 0.317 e. The number of nitrogens with zero attached hydrogens (tertiary/aromatic N) is 1. The van der Waals surface area contributed by atoms with Crippen molar-refractivity contribution in [3.63, 3.8) is 0 Å². The molecular formula is C21H27N3O3S. The molecule has 1 aromatic carbocycles. The molecule has 2 heterocycles. The molecule has 1 aliphatic heterocycles.